The lowest BCUT2D eigenvalue weighted by Gasteiger charge is -2.44. The molecule has 2 fully saturated rings. The molecule has 23 heavy (non-hydrogen) atoms. The van der Waals surface area contributed by atoms with Crippen molar-refractivity contribution in [2.45, 2.75) is 18.9 Å². The van der Waals surface area contributed by atoms with Gasteiger partial charge in [-0.15, -0.1) is 0 Å². The van der Waals surface area contributed by atoms with Crippen molar-refractivity contribution in [1.82, 2.24) is 14.7 Å². The maximum absolute atomic E-state index is 11.1. The summed E-state index contributed by atoms with van der Waals surface area (Å²) in [5.41, 5.74) is 1.37. The summed E-state index contributed by atoms with van der Waals surface area (Å²) < 4.78 is 0. The summed E-state index contributed by atoms with van der Waals surface area (Å²) in [6, 6.07) is 11.1. The molecular weight excluding hydrogens is 290 g/mol. The second kappa shape index (κ2) is 7.32. The second-order valence-electron chi connectivity index (χ2n) is 6.83. The molecule has 1 amide bonds. The predicted octanol–water partition coefficient (Wildman–Crippen LogP) is 2.37. The van der Waals surface area contributed by atoms with E-state index in [0.717, 1.165) is 19.6 Å². The summed E-state index contributed by atoms with van der Waals surface area (Å²) in [5.74, 6) is 0.618. The van der Waals surface area contributed by atoms with E-state index >= 15 is 0 Å². The summed E-state index contributed by atoms with van der Waals surface area (Å²) in [6.45, 7) is 5.18. The van der Waals surface area contributed by atoms with Gasteiger partial charge in [0.05, 0.1) is 0 Å². The summed E-state index contributed by atoms with van der Waals surface area (Å²) in [6.07, 6.45) is 1.71. The first kappa shape index (κ1) is 16.3. The van der Waals surface area contributed by atoms with Crippen molar-refractivity contribution >= 4 is 6.09 Å². The van der Waals surface area contributed by atoms with Gasteiger partial charge in [0.15, 0.2) is 0 Å². The van der Waals surface area contributed by atoms with Crippen LogP contribution in [0.1, 0.15) is 24.4 Å². The smallest absolute Gasteiger partial charge is 0.407 e. The third-order valence-corrected chi connectivity index (χ3v) is 5.23. The lowest BCUT2D eigenvalue weighted by Crippen LogP contribution is -2.51. The fourth-order valence-corrected chi connectivity index (χ4v) is 4.09. The number of hydrogen-bond acceptors (Lipinski definition) is 3. The number of benzene rings is 1. The van der Waals surface area contributed by atoms with Crippen LogP contribution in [0.3, 0.4) is 0 Å². The number of amides is 1. The van der Waals surface area contributed by atoms with Gasteiger partial charge in [0.25, 0.3) is 0 Å². The maximum atomic E-state index is 11.1. The minimum Gasteiger partial charge on any atom is -0.465 e. The lowest BCUT2D eigenvalue weighted by atomic mass is 9.85. The van der Waals surface area contributed by atoms with Crippen molar-refractivity contribution < 1.29 is 9.90 Å². The van der Waals surface area contributed by atoms with Crippen LogP contribution >= 0.6 is 0 Å². The number of carboxylic acid groups (broad SMARTS) is 1. The molecule has 3 rings (SSSR count). The Balaban J connectivity index is 1.77. The highest BCUT2D eigenvalue weighted by atomic mass is 16.4. The van der Waals surface area contributed by atoms with Gasteiger partial charge in [-0.2, -0.15) is 0 Å². The Morgan fingerprint density at radius 3 is 2.43 bits per heavy atom. The highest BCUT2D eigenvalue weighted by Crippen LogP contribution is 2.34. The summed E-state index contributed by atoms with van der Waals surface area (Å²) >= 11 is 0. The molecule has 1 aromatic carbocycles. The standard InChI is InChI=1S/C18H27N3O2/c1-19-9-5-8-16(14-19)17(15-6-3-2-4-7-15)20-10-12-21(13-11-20)18(22)23/h2-4,6-7,16-17H,5,8-14H2,1H3,(H,22,23). The van der Waals surface area contributed by atoms with Crippen LogP contribution in [0.5, 0.6) is 0 Å². The van der Waals surface area contributed by atoms with Gasteiger partial charge in [-0.25, -0.2) is 4.79 Å². The Bertz CT molecular complexity index is 514. The zero-order valence-electron chi connectivity index (χ0n) is 13.9. The second-order valence-corrected chi connectivity index (χ2v) is 6.83. The quantitative estimate of drug-likeness (QED) is 0.930. The van der Waals surface area contributed by atoms with E-state index in [9.17, 15) is 4.79 Å². The Morgan fingerprint density at radius 2 is 1.83 bits per heavy atom. The molecule has 0 radical (unpaired) electrons. The zero-order valence-corrected chi connectivity index (χ0v) is 13.9. The molecule has 2 atom stereocenters. The number of rotatable bonds is 3. The van der Waals surface area contributed by atoms with Crippen molar-refractivity contribution in [2.24, 2.45) is 5.92 Å². The molecular formula is C18H27N3O2. The molecule has 126 valence electrons. The third-order valence-electron chi connectivity index (χ3n) is 5.23. The van der Waals surface area contributed by atoms with E-state index in [-0.39, 0.29) is 0 Å². The molecule has 2 aliphatic rings. The number of likely N-dealkylation sites (tertiary alicyclic amines) is 1. The predicted molar refractivity (Wildman–Crippen MR) is 90.6 cm³/mol. The first-order valence-electron chi connectivity index (χ1n) is 8.60. The van der Waals surface area contributed by atoms with Crippen molar-refractivity contribution in [3.8, 4) is 0 Å². The van der Waals surface area contributed by atoms with Crippen LogP contribution in [0.15, 0.2) is 30.3 Å². The molecule has 1 aromatic rings. The van der Waals surface area contributed by atoms with E-state index in [1.807, 2.05) is 0 Å². The monoisotopic (exact) mass is 317 g/mol. The van der Waals surface area contributed by atoms with Crippen LogP contribution in [0, 0.1) is 5.92 Å². The van der Waals surface area contributed by atoms with E-state index in [1.165, 1.54) is 29.8 Å². The van der Waals surface area contributed by atoms with Crippen LogP contribution in [0.25, 0.3) is 0 Å². The van der Waals surface area contributed by atoms with Gasteiger partial charge in [-0.3, -0.25) is 4.90 Å². The summed E-state index contributed by atoms with van der Waals surface area (Å²) in [4.78, 5) is 17.6. The molecule has 1 N–H and O–H groups in total. The van der Waals surface area contributed by atoms with E-state index in [1.54, 1.807) is 0 Å². The number of piperidine rings is 1. The zero-order chi connectivity index (χ0) is 16.2. The van der Waals surface area contributed by atoms with E-state index < -0.39 is 6.09 Å². The van der Waals surface area contributed by atoms with Crippen LogP contribution < -0.4 is 0 Å². The Hall–Kier alpha value is -1.59. The van der Waals surface area contributed by atoms with Gasteiger partial charge in [-0.1, -0.05) is 30.3 Å². The molecule has 2 unspecified atom stereocenters. The van der Waals surface area contributed by atoms with Crippen molar-refractivity contribution in [3.63, 3.8) is 0 Å². The molecule has 5 nitrogen and oxygen atoms in total. The van der Waals surface area contributed by atoms with Gasteiger partial charge in [0.2, 0.25) is 0 Å². The first-order chi connectivity index (χ1) is 11.1. The number of hydrogen-bond donors (Lipinski definition) is 1. The largest absolute Gasteiger partial charge is 0.465 e. The van der Waals surface area contributed by atoms with Crippen LogP contribution in [0.2, 0.25) is 0 Å². The van der Waals surface area contributed by atoms with Gasteiger partial charge >= 0.3 is 6.09 Å². The number of carbonyl (C=O) groups is 1. The molecule has 0 aromatic heterocycles. The maximum Gasteiger partial charge on any atom is 0.407 e. The average molecular weight is 317 g/mol. The first-order valence-corrected chi connectivity index (χ1v) is 8.60. The highest BCUT2D eigenvalue weighted by Gasteiger charge is 2.33. The number of nitrogens with zero attached hydrogens (tertiary/aromatic N) is 3. The Labute approximate surface area is 138 Å². The van der Waals surface area contributed by atoms with Crippen LogP contribution in [0.4, 0.5) is 4.79 Å². The average Bonchev–Trinajstić information content (AvgIpc) is 2.57. The van der Waals surface area contributed by atoms with E-state index in [4.69, 9.17) is 5.11 Å². The molecule has 0 saturated carbocycles. The topological polar surface area (TPSA) is 47.0 Å². The Kier molecular flexibility index (Phi) is 5.18. The summed E-state index contributed by atoms with van der Waals surface area (Å²) in [7, 11) is 2.20. The molecule has 2 heterocycles. The fourth-order valence-electron chi connectivity index (χ4n) is 4.09. The van der Waals surface area contributed by atoms with Crippen molar-refractivity contribution in [1.29, 1.82) is 0 Å². The minimum absolute atomic E-state index is 0.398. The number of piperazine rings is 1. The molecule has 2 saturated heterocycles. The van der Waals surface area contributed by atoms with Gasteiger partial charge in [-0.05, 0) is 37.9 Å². The summed E-state index contributed by atoms with van der Waals surface area (Å²) in [5, 5.41) is 9.16. The van der Waals surface area contributed by atoms with Gasteiger partial charge in [0.1, 0.15) is 0 Å². The third kappa shape index (κ3) is 3.85. The van der Waals surface area contributed by atoms with Crippen LogP contribution in [-0.4, -0.2) is 72.2 Å². The van der Waals surface area contributed by atoms with E-state index in [0.29, 0.717) is 25.0 Å². The fraction of sp³-hybridized carbons (Fsp3) is 0.611. The molecule has 0 spiro atoms. The van der Waals surface area contributed by atoms with Crippen molar-refractivity contribution in [3.05, 3.63) is 35.9 Å². The highest BCUT2D eigenvalue weighted by molar-refractivity contribution is 5.65. The molecule has 2 aliphatic heterocycles. The SMILES string of the molecule is CN1CCCC(C(c2ccccc2)N2CCN(C(=O)O)CC2)C1. The lowest BCUT2D eigenvalue weighted by molar-refractivity contribution is 0.0450. The van der Waals surface area contributed by atoms with Gasteiger partial charge < -0.3 is 14.9 Å². The van der Waals surface area contributed by atoms with Crippen molar-refractivity contribution in [2.75, 3.05) is 46.3 Å². The molecule has 5 heteroatoms. The Morgan fingerprint density at radius 1 is 1.13 bits per heavy atom. The minimum atomic E-state index is -0.793. The molecule has 0 bridgehead atoms. The van der Waals surface area contributed by atoms with E-state index in [2.05, 4.69) is 47.2 Å². The van der Waals surface area contributed by atoms with Crippen LogP contribution in [-0.2, 0) is 0 Å². The van der Waals surface area contributed by atoms with Gasteiger partial charge in [0, 0.05) is 38.8 Å². The molecule has 0 aliphatic carbocycles. The normalized spacial score (nSPS) is 25.3.